The maximum Gasteiger partial charge on any atom is 0.142 e. The summed E-state index contributed by atoms with van der Waals surface area (Å²) in [5.74, 6) is 0. The van der Waals surface area contributed by atoms with Gasteiger partial charge in [0.2, 0.25) is 0 Å². The number of hydrogen-bond donors (Lipinski definition) is 0. The van der Waals surface area contributed by atoms with Crippen LogP contribution in [0, 0.1) is 0 Å². The van der Waals surface area contributed by atoms with E-state index in [9.17, 15) is 0 Å². The van der Waals surface area contributed by atoms with E-state index in [-0.39, 0.29) is 0 Å². The van der Waals surface area contributed by atoms with Crippen LogP contribution in [0.15, 0.2) is 84.1 Å². The van der Waals surface area contributed by atoms with Crippen molar-refractivity contribution in [1.82, 2.24) is 4.98 Å². The third kappa shape index (κ3) is 4.54. The standard InChI is InChI=1S/C23H15Cl3N2O/c24-18-10-8-15(9-11-18)14-29-28-23(19-5-3-6-20(25)22(19)26)17-12-16-4-1-2-7-21(16)27-13-17/h1-13H,14H2. The predicted molar refractivity (Wildman–Crippen MR) is 120 cm³/mol. The lowest BCUT2D eigenvalue weighted by Gasteiger charge is -2.11. The van der Waals surface area contributed by atoms with Crippen molar-refractivity contribution in [2.45, 2.75) is 6.61 Å². The second-order valence-electron chi connectivity index (χ2n) is 6.36. The van der Waals surface area contributed by atoms with E-state index < -0.39 is 0 Å². The number of nitrogens with zero attached hydrogens (tertiary/aromatic N) is 2. The van der Waals surface area contributed by atoms with Gasteiger partial charge in [0, 0.05) is 27.7 Å². The van der Waals surface area contributed by atoms with Gasteiger partial charge in [0.05, 0.1) is 15.6 Å². The first kappa shape index (κ1) is 19.7. The maximum atomic E-state index is 6.47. The molecule has 0 spiro atoms. The van der Waals surface area contributed by atoms with Gasteiger partial charge < -0.3 is 4.84 Å². The molecule has 0 saturated carbocycles. The van der Waals surface area contributed by atoms with Gasteiger partial charge in [0.1, 0.15) is 12.3 Å². The molecule has 29 heavy (non-hydrogen) atoms. The Kier molecular flexibility index (Phi) is 6.00. The topological polar surface area (TPSA) is 34.5 Å². The van der Waals surface area contributed by atoms with Crippen LogP contribution in [0.1, 0.15) is 16.7 Å². The van der Waals surface area contributed by atoms with Crippen LogP contribution in [0.4, 0.5) is 0 Å². The Morgan fingerprint density at radius 1 is 0.897 bits per heavy atom. The number of benzene rings is 3. The highest BCUT2D eigenvalue weighted by molar-refractivity contribution is 6.44. The van der Waals surface area contributed by atoms with Crippen LogP contribution < -0.4 is 0 Å². The molecule has 0 aliphatic heterocycles. The van der Waals surface area contributed by atoms with Gasteiger partial charge in [0.15, 0.2) is 0 Å². The highest BCUT2D eigenvalue weighted by Crippen LogP contribution is 2.28. The lowest BCUT2D eigenvalue weighted by Crippen LogP contribution is -2.06. The molecular formula is C23H15Cl3N2O. The van der Waals surface area contributed by atoms with Crippen molar-refractivity contribution >= 4 is 51.4 Å². The van der Waals surface area contributed by atoms with Crippen LogP contribution in [0.25, 0.3) is 10.9 Å². The summed E-state index contributed by atoms with van der Waals surface area (Å²) < 4.78 is 0. The normalized spacial score (nSPS) is 11.6. The van der Waals surface area contributed by atoms with E-state index in [1.807, 2.05) is 66.7 Å². The Hall–Kier alpha value is -2.59. The number of oxime groups is 1. The molecule has 4 rings (SSSR count). The summed E-state index contributed by atoms with van der Waals surface area (Å²) >= 11 is 18.6. The number of pyridine rings is 1. The van der Waals surface area contributed by atoms with Crippen LogP contribution in [-0.2, 0) is 11.4 Å². The molecule has 1 heterocycles. The van der Waals surface area contributed by atoms with Gasteiger partial charge in [-0.25, -0.2) is 0 Å². The van der Waals surface area contributed by atoms with Crippen LogP contribution in [0.2, 0.25) is 15.1 Å². The van der Waals surface area contributed by atoms with E-state index in [2.05, 4.69) is 10.1 Å². The quantitative estimate of drug-likeness (QED) is 0.243. The van der Waals surface area contributed by atoms with E-state index in [4.69, 9.17) is 39.6 Å². The second-order valence-corrected chi connectivity index (χ2v) is 7.58. The molecule has 4 aromatic rings. The number of aromatic nitrogens is 1. The van der Waals surface area contributed by atoms with Gasteiger partial charge in [-0.1, -0.05) is 82.4 Å². The molecule has 0 radical (unpaired) electrons. The minimum absolute atomic E-state index is 0.292. The number of hydrogen-bond acceptors (Lipinski definition) is 3. The summed E-state index contributed by atoms with van der Waals surface area (Å²) in [4.78, 5) is 10.2. The van der Waals surface area contributed by atoms with Crippen molar-refractivity contribution in [2.75, 3.05) is 0 Å². The van der Waals surface area contributed by atoms with Gasteiger partial charge in [-0.15, -0.1) is 0 Å². The highest BCUT2D eigenvalue weighted by Gasteiger charge is 2.15. The van der Waals surface area contributed by atoms with Crippen molar-refractivity contribution in [1.29, 1.82) is 0 Å². The number of rotatable bonds is 5. The Labute approximate surface area is 183 Å². The Balaban J connectivity index is 1.73. The Morgan fingerprint density at radius 2 is 1.69 bits per heavy atom. The van der Waals surface area contributed by atoms with Crippen molar-refractivity contribution in [2.24, 2.45) is 5.16 Å². The first-order valence-corrected chi connectivity index (χ1v) is 9.99. The molecule has 3 nitrogen and oxygen atoms in total. The fourth-order valence-electron chi connectivity index (χ4n) is 2.90. The Morgan fingerprint density at radius 3 is 2.52 bits per heavy atom. The highest BCUT2D eigenvalue weighted by atomic mass is 35.5. The molecule has 3 aromatic carbocycles. The first-order chi connectivity index (χ1) is 14.1. The average molecular weight is 442 g/mol. The van der Waals surface area contributed by atoms with E-state index in [0.717, 1.165) is 22.0 Å². The van der Waals surface area contributed by atoms with Gasteiger partial charge in [-0.05, 0) is 35.9 Å². The van der Waals surface area contributed by atoms with Crippen LogP contribution in [0.5, 0.6) is 0 Å². The third-order valence-electron chi connectivity index (χ3n) is 4.37. The van der Waals surface area contributed by atoms with Crippen LogP contribution in [0.3, 0.4) is 0 Å². The summed E-state index contributed by atoms with van der Waals surface area (Å²) in [6.07, 6.45) is 1.75. The van der Waals surface area contributed by atoms with Crippen molar-refractivity contribution in [3.8, 4) is 0 Å². The zero-order chi connectivity index (χ0) is 20.2. The van der Waals surface area contributed by atoms with Crippen LogP contribution >= 0.6 is 34.8 Å². The minimum Gasteiger partial charge on any atom is -0.390 e. The molecule has 0 unspecified atom stereocenters. The summed E-state index contributed by atoms with van der Waals surface area (Å²) in [7, 11) is 0. The third-order valence-corrected chi connectivity index (χ3v) is 5.44. The SMILES string of the molecule is Clc1ccc(CON=C(c2cnc3ccccc3c2)c2cccc(Cl)c2Cl)cc1. The summed E-state index contributed by atoms with van der Waals surface area (Å²) in [5, 5.41) is 6.92. The van der Waals surface area contributed by atoms with Crippen LogP contribution in [-0.4, -0.2) is 10.7 Å². The van der Waals surface area contributed by atoms with Gasteiger partial charge in [0.25, 0.3) is 0 Å². The number of fused-ring (bicyclic) bond motifs is 1. The van der Waals surface area contributed by atoms with E-state index >= 15 is 0 Å². The van der Waals surface area contributed by atoms with Crippen molar-refractivity contribution < 1.29 is 4.84 Å². The molecule has 0 saturated heterocycles. The van der Waals surface area contributed by atoms with Crippen molar-refractivity contribution in [3.63, 3.8) is 0 Å². The largest absolute Gasteiger partial charge is 0.390 e. The minimum atomic E-state index is 0.292. The molecule has 1 aromatic heterocycles. The first-order valence-electron chi connectivity index (χ1n) is 8.86. The lowest BCUT2D eigenvalue weighted by molar-refractivity contribution is 0.131. The fourth-order valence-corrected chi connectivity index (χ4v) is 3.41. The summed E-state index contributed by atoms with van der Waals surface area (Å²) in [6.45, 7) is 0.292. The second kappa shape index (κ2) is 8.83. The predicted octanol–water partition coefficient (Wildman–Crippen LogP) is 7.16. The molecule has 144 valence electrons. The molecule has 0 amide bonds. The average Bonchev–Trinajstić information content (AvgIpc) is 2.75. The fraction of sp³-hybridized carbons (Fsp3) is 0.0435. The molecular weight excluding hydrogens is 427 g/mol. The summed E-state index contributed by atoms with van der Waals surface area (Å²) in [5.41, 5.74) is 3.86. The molecule has 0 aliphatic rings. The Bertz CT molecular complexity index is 1190. The molecule has 0 N–H and O–H groups in total. The smallest absolute Gasteiger partial charge is 0.142 e. The van der Waals surface area contributed by atoms with E-state index in [0.29, 0.717) is 32.9 Å². The molecule has 0 bridgehead atoms. The van der Waals surface area contributed by atoms with Gasteiger partial charge in [-0.3, -0.25) is 4.98 Å². The summed E-state index contributed by atoms with van der Waals surface area (Å²) in [6, 6.07) is 22.7. The zero-order valence-electron chi connectivity index (χ0n) is 15.1. The number of para-hydroxylation sites is 1. The monoisotopic (exact) mass is 440 g/mol. The van der Waals surface area contributed by atoms with Gasteiger partial charge >= 0.3 is 0 Å². The molecule has 0 aliphatic carbocycles. The lowest BCUT2D eigenvalue weighted by atomic mass is 10.0. The van der Waals surface area contributed by atoms with Crippen molar-refractivity contribution in [3.05, 3.63) is 111 Å². The van der Waals surface area contributed by atoms with E-state index in [1.54, 1.807) is 12.3 Å². The van der Waals surface area contributed by atoms with Gasteiger partial charge in [-0.2, -0.15) is 0 Å². The molecule has 0 fully saturated rings. The number of halogens is 3. The molecule has 0 atom stereocenters. The maximum absolute atomic E-state index is 6.47. The molecule has 6 heteroatoms. The zero-order valence-corrected chi connectivity index (χ0v) is 17.4. The van der Waals surface area contributed by atoms with E-state index in [1.165, 1.54) is 0 Å².